The summed E-state index contributed by atoms with van der Waals surface area (Å²) in [5, 5.41) is 0. The van der Waals surface area contributed by atoms with Gasteiger partial charge in [-0.15, -0.1) is 0 Å². The Morgan fingerprint density at radius 1 is 1.19 bits per heavy atom. The molecule has 0 aromatic heterocycles. The van der Waals surface area contributed by atoms with E-state index in [-0.39, 0.29) is 5.60 Å². The van der Waals surface area contributed by atoms with Gasteiger partial charge < -0.3 is 4.74 Å². The molecule has 4 unspecified atom stereocenters. The smallest absolute Gasteiger partial charge is 0.0954 e. The molecular formula is C15H20O. The van der Waals surface area contributed by atoms with Crippen LogP contribution in [0.5, 0.6) is 0 Å². The molecule has 4 atom stereocenters. The summed E-state index contributed by atoms with van der Waals surface area (Å²) in [7, 11) is 0. The molecule has 1 heterocycles. The molecule has 2 aliphatic rings. The standard InChI is InChI=1S/C15H20O/c1-10-5-7-12(8-6-10)14(3)9-13-15(4,16-13)11(14)2/h5-8,11,13H,9H2,1-4H3. The lowest BCUT2D eigenvalue weighted by Crippen LogP contribution is -2.33. The largest absolute Gasteiger partial charge is 0.366 e. The third-order valence-electron chi connectivity index (χ3n) is 5.11. The van der Waals surface area contributed by atoms with Gasteiger partial charge in [0.15, 0.2) is 0 Å². The second-order valence-corrected chi connectivity index (χ2v) is 6.00. The summed E-state index contributed by atoms with van der Waals surface area (Å²) < 4.78 is 5.79. The summed E-state index contributed by atoms with van der Waals surface area (Å²) in [6.45, 7) is 9.14. The molecule has 1 nitrogen and oxygen atoms in total. The van der Waals surface area contributed by atoms with Crippen molar-refractivity contribution in [3.8, 4) is 0 Å². The minimum Gasteiger partial charge on any atom is -0.366 e. The van der Waals surface area contributed by atoms with Gasteiger partial charge in [0, 0.05) is 5.41 Å². The van der Waals surface area contributed by atoms with E-state index >= 15 is 0 Å². The van der Waals surface area contributed by atoms with E-state index in [0.29, 0.717) is 17.4 Å². The lowest BCUT2D eigenvalue weighted by Gasteiger charge is -2.34. The molecule has 1 aliphatic heterocycles. The first-order valence-corrected chi connectivity index (χ1v) is 6.22. The SMILES string of the molecule is Cc1ccc(C2(C)CC3OC3(C)C2C)cc1. The van der Waals surface area contributed by atoms with E-state index in [1.807, 2.05) is 0 Å². The van der Waals surface area contributed by atoms with Gasteiger partial charge >= 0.3 is 0 Å². The molecule has 1 aromatic rings. The molecule has 1 heteroatoms. The van der Waals surface area contributed by atoms with Gasteiger partial charge in [-0.05, 0) is 31.7 Å². The first kappa shape index (κ1) is 10.3. The number of hydrogen-bond acceptors (Lipinski definition) is 1. The Morgan fingerprint density at radius 3 is 2.31 bits per heavy atom. The average molecular weight is 216 g/mol. The van der Waals surface area contributed by atoms with Crippen molar-refractivity contribution in [3.05, 3.63) is 35.4 Å². The molecule has 1 saturated heterocycles. The predicted octanol–water partition coefficient (Wildman–Crippen LogP) is 3.45. The van der Waals surface area contributed by atoms with Gasteiger partial charge in [-0.3, -0.25) is 0 Å². The van der Waals surface area contributed by atoms with Crippen LogP contribution < -0.4 is 0 Å². The van der Waals surface area contributed by atoms with E-state index < -0.39 is 0 Å². The van der Waals surface area contributed by atoms with Crippen molar-refractivity contribution in [2.45, 2.75) is 51.2 Å². The van der Waals surface area contributed by atoms with Crippen LogP contribution in [0.1, 0.15) is 38.3 Å². The van der Waals surface area contributed by atoms with Gasteiger partial charge in [-0.1, -0.05) is 43.7 Å². The maximum atomic E-state index is 5.79. The molecule has 1 aromatic carbocycles. The summed E-state index contributed by atoms with van der Waals surface area (Å²) in [6.07, 6.45) is 1.67. The van der Waals surface area contributed by atoms with Crippen LogP contribution in [0.15, 0.2) is 24.3 Å². The highest BCUT2D eigenvalue weighted by molar-refractivity contribution is 5.35. The summed E-state index contributed by atoms with van der Waals surface area (Å²) in [4.78, 5) is 0. The van der Waals surface area contributed by atoms with E-state index in [0.717, 1.165) is 0 Å². The van der Waals surface area contributed by atoms with E-state index in [1.54, 1.807) is 0 Å². The summed E-state index contributed by atoms with van der Waals surface area (Å²) >= 11 is 0. The van der Waals surface area contributed by atoms with E-state index in [4.69, 9.17) is 4.74 Å². The van der Waals surface area contributed by atoms with E-state index in [2.05, 4.69) is 52.0 Å². The highest BCUT2D eigenvalue weighted by Gasteiger charge is 2.68. The quantitative estimate of drug-likeness (QED) is 0.655. The summed E-state index contributed by atoms with van der Waals surface area (Å²) in [5.41, 5.74) is 3.26. The van der Waals surface area contributed by atoms with Crippen molar-refractivity contribution >= 4 is 0 Å². The fourth-order valence-electron chi connectivity index (χ4n) is 3.39. The molecule has 1 saturated carbocycles. The Labute approximate surface area is 97.8 Å². The van der Waals surface area contributed by atoms with Crippen molar-refractivity contribution in [1.82, 2.24) is 0 Å². The van der Waals surface area contributed by atoms with Crippen molar-refractivity contribution in [1.29, 1.82) is 0 Å². The van der Waals surface area contributed by atoms with Crippen molar-refractivity contribution in [2.75, 3.05) is 0 Å². The Balaban J connectivity index is 1.98. The minimum atomic E-state index is 0.152. The zero-order chi connectivity index (χ0) is 11.6. The molecule has 16 heavy (non-hydrogen) atoms. The highest BCUT2D eigenvalue weighted by atomic mass is 16.6. The molecular weight excluding hydrogens is 196 g/mol. The number of hydrogen-bond donors (Lipinski definition) is 0. The third kappa shape index (κ3) is 1.15. The molecule has 0 radical (unpaired) electrons. The first-order chi connectivity index (χ1) is 7.47. The maximum absolute atomic E-state index is 5.79. The number of benzene rings is 1. The summed E-state index contributed by atoms with van der Waals surface area (Å²) in [5.74, 6) is 0.604. The Bertz CT molecular complexity index is 422. The predicted molar refractivity (Wildman–Crippen MR) is 65.6 cm³/mol. The Kier molecular flexibility index (Phi) is 1.87. The van der Waals surface area contributed by atoms with Gasteiger partial charge in [-0.2, -0.15) is 0 Å². The number of epoxide rings is 1. The highest BCUT2D eigenvalue weighted by Crippen LogP contribution is 2.62. The summed E-state index contributed by atoms with van der Waals surface area (Å²) in [6, 6.07) is 9.03. The Hall–Kier alpha value is -0.820. The van der Waals surface area contributed by atoms with Crippen molar-refractivity contribution < 1.29 is 4.74 Å². The molecule has 0 spiro atoms. The van der Waals surface area contributed by atoms with E-state index in [1.165, 1.54) is 17.5 Å². The molecule has 0 bridgehead atoms. The second kappa shape index (κ2) is 2.89. The van der Waals surface area contributed by atoms with Crippen LogP contribution in [0.4, 0.5) is 0 Å². The van der Waals surface area contributed by atoms with Crippen LogP contribution in [0.2, 0.25) is 0 Å². The maximum Gasteiger partial charge on any atom is 0.0954 e. The molecule has 86 valence electrons. The Morgan fingerprint density at radius 2 is 1.81 bits per heavy atom. The number of ether oxygens (including phenoxy) is 1. The van der Waals surface area contributed by atoms with Gasteiger partial charge in [0.1, 0.15) is 0 Å². The molecule has 0 amide bonds. The fraction of sp³-hybridized carbons (Fsp3) is 0.600. The normalized spacial score (nSPS) is 45.5. The lowest BCUT2D eigenvalue weighted by molar-refractivity contribution is 0.142. The van der Waals surface area contributed by atoms with Crippen LogP contribution in [0.25, 0.3) is 0 Å². The van der Waals surface area contributed by atoms with E-state index in [9.17, 15) is 0 Å². The second-order valence-electron chi connectivity index (χ2n) is 6.00. The molecule has 3 rings (SSSR count). The first-order valence-electron chi connectivity index (χ1n) is 6.22. The zero-order valence-electron chi connectivity index (χ0n) is 10.6. The number of rotatable bonds is 1. The topological polar surface area (TPSA) is 12.5 Å². The third-order valence-corrected chi connectivity index (χ3v) is 5.11. The van der Waals surface area contributed by atoms with Gasteiger partial charge in [0.2, 0.25) is 0 Å². The lowest BCUT2D eigenvalue weighted by atomic mass is 9.72. The van der Waals surface area contributed by atoms with Crippen LogP contribution in [-0.2, 0) is 10.2 Å². The monoisotopic (exact) mass is 216 g/mol. The van der Waals surface area contributed by atoms with Crippen LogP contribution in [0, 0.1) is 12.8 Å². The number of aryl methyl sites for hydroxylation is 1. The van der Waals surface area contributed by atoms with Crippen LogP contribution in [0.3, 0.4) is 0 Å². The average Bonchev–Trinajstić information content (AvgIpc) is 2.84. The zero-order valence-corrected chi connectivity index (χ0v) is 10.6. The fourth-order valence-corrected chi connectivity index (χ4v) is 3.39. The molecule has 2 fully saturated rings. The number of fused-ring (bicyclic) bond motifs is 1. The van der Waals surface area contributed by atoms with Gasteiger partial charge in [0.25, 0.3) is 0 Å². The van der Waals surface area contributed by atoms with Crippen LogP contribution in [-0.4, -0.2) is 11.7 Å². The molecule has 0 N–H and O–H groups in total. The van der Waals surface area contributed by atoms with Crippen molar-refractivity contribution in [3.63, 3.8) is 0 Å². The molecule has 1 aliphatic carbocycles. The van der Waals surface area contributed by atoms with Gasteiger partial charge in [-0.25, -0.2) is 0 Å². The van der Waals surface area contributed by atoms with Gasteiger partial charge in [0.05, 0.1) is 11.7 Å². The van der Waals surface area contributed by atoms with Crippen molar-refractivity contribution in [2.24, 2.45) is 5.92 Å². The van der Waals surface area contributed by atoms with Crippen LogP contribution >= 0.6 is 0 Å². The minimum absolute atomic E-state index is 0.152.